The second kappa shape index (κ2) is 9.56. The third kappa shape index (κ3) is 4.49. The lowest BCUT2D eigenvalue weighted by Gasteiger charge is -2.42. The second-order valence-corrected chi connectivity index (χ2v) is 10.0. The average Bonchev–Trinajstić information content (AvgIpc) is 3.12. The molecule has 38 heavy (non-hydrogen) atoms. The number of aromatic hydroxyl groups is 1. The Labute approximate surface area is 218 Å². The van der Waals surface area contributed by atoms with E-state index in [1.165, 1.54) is 18.2 Å². The number of fused-ring (bicyclic) bond motifs is 2. The molecular formula is C27H28FN7O3. The highest BCUT2D eigenvalue weighted by molar-refractivity contribution is 6.05. The summed E-state index contributed by atoms with van der Waals surface area (Å²) in [6, 6.07) is 13.6. The van der Waals surface area contributed by atoms with Crippen LogP contribution in [0.15, 0.2) is 48.5 Å². The largest absolute Gasteiger partial charge is 0.507 e. The predicted molar refractivity (Wildman–Crippen MR) is 140 cm³/mol. The first-order chi connectivity index (χ1) is 18.4. The van der Waals surface area contributed by atoms with Crippen LogP contribution in [0.4, 0.5) is 26.4 Å². The zero-order chi connectivity index (χ0) is 26.4. The zero-order valence-electron chi connectivity index (χ0n) is 20.7. The minimum Gasteiger partial charge on any atom is -0.507 e. The van der Waals surface area contributed by atoms with Crippen molar-refractivity contribution in [3.8, 4) is 17.0 Å². The van der Waals surface area contributed by atoms with Crippen molar-refractivity contribution in [2.24, 2.45) is 0 Å². The van der Waals surface area contributed by atoms with Crippen LogP contribution in [0.3, 0.4) is 0 Å². The van der Waals surface area contributed by atoms with Gasteiger partial charge in [0, 0.05) is 55.9 Å². The van der Waals surface area contributed by atoms with Gasteiger partial charge in [0.05, 0.1) is 11.4 Å². The molecular weight excluding hydrogens is 489 g/mol. The van der Waals surface area contributed by atoms with Crippen LogP contribution in [0.2, 0.25) is 0 Å². The number of anilines is 3. The van der Waals surface area contributed by atoms with Crippen molar-refractivity contribution in [2.75, 3.05) is 35.2 Å². The standard InChI is InChI=1S/C27H28FN7O3/c28-17-4-7-24(36)21(11-17)22-12-23(26(29)32-31-22)33-14-19-5-6-20(15-33)35(19)13-16-2-1-3-18(10-16)34-9-8-25(37)30-27(34)38/h1-4,7,10-12,19-20,36H,5-6,8-9,13-15H2,(H2,29,32)(H,30,37,38). The number of nitrogens with two attached hydrogens (primary N) is 1. The third-order valence-electron chi connectivity index (χ3n) is 7.65. The third-order valence-corrected chi connectivity index (χ3v) is 7.65. The summed E-state index contributed by atoms with van der Waals surface area (Å²) in [5.41, 5.74) is 9.46. The molecule has 3 aliphatic heterocycles. The number of piperazine rings is 1. The Kier molecular flexibility index (Phi) is 6.07. The Hall–Kier alpha value is -4.25. The Morgan fingerprint density at radius 2 is 1.84 bits per heavy atom. The molecule has 0 spiro atoms. The molecule has 3 fully saturated rings. The van der Waals surface area contributed by atoms with Crippen molar-refractivity contribution in [1.82, 2.24) is 20.4 Å². The monoisotopic (exact) mass is 517 g/mol. The van der Waals surface area contributed by atoms with Crippen LogP contribution < -0.4 is 20.9 Å². The van der Waals surface area contributed by atoms with Crippen LogP contribution >= 0.6 is 0 Å². The van der Waals surface area contributed by atoms with Crippen molar-refractivity contribution in [2.45, 2.75) is 37.9 Å². The summed E-state index contributed by atoms with van der Waals surface area (Å²) in [5.74, 6) is -0.495. The summed E-state index contributed by atoms with van der Waals surface area (Å²) in [5, 5.41) is 20.8. The SMILES string of the molecule is Nc1nnc(-c2cc(F)ccc2O)cc1N1CC2CCC(C1)N2Cc1cccc(N2CCC(=O)NC2=O)c1. The van der Waals surface area contributed by atoms with Gasteiger partial charge in [-0.25, -0.2) is 9.18 Å². The quantitative estimate of drug-likeness (QED) is 0.472. The van der Waals surface area contributed by atoms with E-state index in [0.29, 0.717) is 30.1 Å². The van der Waals surface area contributed by atoms with Crippen molar-refractivity contribution < 1.29 is 19.1 Å². The molecule has 3 aliphatic rings. The molecule has 2 aromatic carbocycles. The van der Waals surface area contributed by atoms with Gasteiger partial charge in [-0.2, -0.15) is 0 Å². The van der Waals surface area contributed by atoms with Crippen LogP contribution in [0.5, 0.6) is 5.75 Å². The molecule has 11 heteroatoms. The number of phenolic OH excluding ortho intramolecular Hbond substituents is 1. The van der Waals surface area contributed by atoms with Gasteiger partial charge >= 0.3 is 6.03 Å². The number of carbonyl (C=O) groups excluding carboxylic acids is 2. The molecule has 1 aromatic heterocycles. The highest BCUT2D eigenvalue weighted by Crippen LogP contribution is 2.37. The molecule has 0 saturated carbocycles. The van der Waals surface area contributed by atoms with Crippen molar-refractivity contribution in [3.05, 3.63) is 59.9 Å². The smallest absolute Gasteiger partial charge is 0.328 e. The van der Waals surface area contributed by atoms with Gasteiger partial charge in [-0.05, 0) is 54.8 Å². The Balaban J connectivity index is 1.19. The van der Waals surface area contributed by atoms with Gasteiger partial charge in [-0.15, -0.1) is 10.2 Å². The number of amides is 3. The lowest BCUT2D eigenvalue weighted by molar-refractivity contribution is -0.120. The Morgan fingerprint density at radius 1 is 1.05 bits per heavy atom. The maximum Gasteiger partial charge on any atom is 0.328 e. The van der Waals surface area contributed by atoms with E-state index in [0.717, 1.165) is 49.4 Å². The lowest BCUT2D eigenvalue weighted by atomic mass is 10.1. The number of nitrogens with one attached hydrogen (secondary N) is 1. The number of rotatable bonds is 5. The van der Waals surface area contributed by atoms with Gasteiger partial charge in [-0.1, -0.05) is 12.1 Å². The van der Waals surface area contributed by atoms with E-state index in [1.54, 1.807) is 11.0 Å². The van der Waals surface area contributed by atoms with Crippen LogP contribution in [0.25, 0.3) is 11.3 Å². The van der Waals surface area contributed by atoms with Gasteiger partial charge in [0.25, 0.3) is 0 Å². The topological polar surface area (TPSA) is 128 Å². The first-order valence-corrected chi connectivity index (χ1v) is 12.7. The molecule has 3 saturated heterocycles. The lowest BCUT2D eigenvalue weighted by Crippen LogP contribution is -2.53. The summed E-state index contributed by atoms with van der Waals surface area (Å²) < 4.78 is 13.8. The number of benzene rings is 2. The van der Waals surface area contributed by atoms with Crippen LogP contribution in [-0.4, -0.2) is 63.9 Å². The fourth-order valence-electron chi connectivity index (χ4n) is 5.78. The normalized spacial score (nSPS) is 21.6. The Bertz CT molecular complexity index is 1400. The molecule has 3 aromatic rings. The van der Waals surface area contributed by atoms with E-state index in [4.69, 9.17) is 5.73 Å². The number of hydrogen-bond donors (Lipinski definition) is 3. The number of nitrogen functional groups attached to an aromatic ring is 1. The van der Waals surface area contributed by atoms with E-state index in [9.17, 15) is 19.1 Å². The van der Waals surface area contributed by atoms with E-state index >= 15 is 0 Å². The first-order valence-electron chi connectivity index (χ1n) is 12.7. The summed E-state index contributed by atoms with van der Waals surface area (Å²) in [6.45, 7) is 2.61. The van der Waals surface area contributed by atoms with Crippen molar-refractivity contribution in [1.29, 1.82) is 0 Å². The molecule has 10 nitrogen and oxygen atoms in total. The molecule has 2 bridgehead atoms. The number of halogens is 1. The molecule has 3 amide bonds. The highest BCUT2D eigenvalue weighted by atomic mass is 19.1. The van der Waals surface area contributed by atoms with E-state index < -0.39 is 5.82 Å². The predicted octanol–water partition coefficient (Wildman–Crippen LogP) is 2.87. The van der Waals surface area contributed by atoms with Gasteiger partial charge in [0.2, 0.25) is 5.91 Å². The van der Waals surface area contributed by atoms with Gasteiger partial charge in [0.15, 0.2) is 5.82 Å². The average molecular weight is 518 g/mol. The maximum absolute atomic E-state index is 13.8. The molecule has 2 atom stereocenters. The van der Waals surface area contributed by atoms with Gasteiger partial charge < -0.3 is 15.7 Å². The minimum atomic E-state index is -0.469. The van der Waals surface area contributed by atoms with E-state index in [2.05, 4.69) is 31.4 Å². The number of nitrogens with zero attached hydrogens (tertiary/aromatic N) is 5. The number of phenols is 1. The van der Waals surface area contributed by atoms with Gasteiger partial charge in [-0.3, -0.25) is 19.9 Å². The number of aromatic nitrogens is 2. The fraction of sp³-hybridized carbons (Fsp3) is 0.333. The number of carbonyl (C=O) groups is 2. The summed E-state index contributed by atoms with van der Waals surface area (Å²) in [6.07, 6.45) is 2.39. The van der Waals surface area contributed by atoms with Crippen molar-refractivity contribution >= 4 is 29.1 Å². The van der Waals surface area contributed by atoms with Crippen molar-refractivity contribution in [3.63, 3.8) is 0 Å². The Morgan fingerprint density at radius 3 is 2.61 bits per heavy atom. The summed E-state index contributed by atoms with van der Waals surface area (Å²) in [4.78, 5) is 30.1. The molecule has 2 unspecified atom stereocenters. The minimum absolute atomic E-state index is 0.0721. The van der Waals surface area contributed by atoms with E-state index in [-0.39, 0.29) is 29.7 Å². The van der Waals surface area contributed by atoms with Crippen LogP contribution in [0.1, 0.15) is 24.8 Å². The molecule has 196 valence electrons. The number of urea groups is 1. The first kappa shape index (κ1) is 24.1. The molecule has 4 heterocycles. The molecule has 0 aliphatic carbocycles. The van der Waals surface area contributed by atoms with E-state index in [1.807, 2.05) is 18.2 Å². The number of imide groups is 1. The van der Waals surface area contributed by atoms with Crippen LogP contribution in [0, 0.1) is 5.82 Å². The molecule has 4 N–H and O–H groups in total. The summed E-state index contributed by atoms with van der Waals surface area (Å²) in [7, 11) is 0. The highest BCUT2D eigenvalue weighted by Gasteiger charge is 2.40. The number of hydrogen-bond acceptors (Lipinski definition) is 8. The maximum atomic E-state index is 13.8. The second-order valence-electron chi connectivity index (χ2n) is 10.0. The van der Waals surface area contributed by atoms with Gasteiger partial charge in [0.1, 0.15) is 11.6 Å². The molecule has 6 rings (SSSR count). The fourth-order valence-corrected chi connectivity index (χ4v) is 5.78. The molecule has 0 radical (unpaired) electrons. The zero-order valence-corrected chi connectivity index (χ0v) is 20.7. The summed E-state index contributed by atoms with van der Waals surface area (Å²) >= 11 is 0. The van der Waals surface area contributed by atoms with Crippen LogP contribution in [-0.2, 0) is 11.3 Å².